The number of nitrogens with one attached hydrogen (secondary N) is 2. The molecule has 0 saturated heterocycles. The van der Waals surface area contributed by atoms with E-state index >= 15 is 0 Å². The lowest BCUT2D eigenvalue weighted by molar-refractivity contribution is -0.114. The van der Waals surface area contributed by atoms with E-state index in [1.54, 1.807) is 36.4 Å². The quantitative estimate of drug-likeness (QED) is 0.427. The number of nitrogens with zero attached hydrogens (tertiary/aromatic N) is 1. The van der Waals surface area contributed by atoms with Crippen molar-refractivity contribution in [1.29, 1.82) is 0 Å². The van der Waals surface area contributed by atoms with Crippen molar-refractivity contribution >= 4 is 34.1 Å². The maximum Gasteiger partial charge on any atom is 0.255 e. The number of aromatic nitrogens is 1. The number of rotatable bonds is 6. The van der Waals surface area contributed by atoms with Crippen LogP contribution in [0.5, 0.6) is 5.75 Å². The molecule has 1 aromatic heterocycles. The van der Waals surface area contributed by atoms with E-state index in [0.29, 0.717) is 29.3 Å². The number of anilines is 2. The summed E-state index contributed by atoms with van der Waals surface area (Å²) in [6, 6.07) is 24.1. The zero-order chi connectivity index (χ0) is 22.5. The molecule has 0 aliphatic rings. The van der Waals surface area contributed by atoms with Crippen LogP contribution in [0.1, 0.15) is 24.2 Å². The zero-order valence-electron chi connectivity index (χ0n) is 17.9. The largest absolute Gasteiger partial charge is 0.493 e. The van der Waals surface area contributed by atoms with E-state index in [0.717, 1.165) is 22.2 Å². The Balaban J connectivity index is 1.62. The lowest BCUT2D eigenvalue weighted by atomic mass is 10.1. The first-order valence-electron chi connectivity index (χ1n) is 10.4. The first kappa shape index (κ1) is 21.1. The Kier molecular flexibility index (Phi) is 6.12. The van der Waals surface area contributed by atoms with Gasteiger partial charge in [0.2, 0.25) is 5.91 Å². The van der Waals surface area contributed by atoms with Gasteiger partial charge < -0.3 is 15.4 Å². The van der Waals surface area contributed by atoms with E-state index < -0.39 is 0 Å². The molecule has 32 heavy (non-hydrogen) atoms. The second-order valence-electron chi connectivity index (χ2n) is 7.25. The van der Waals surface area contributed by atoms with Crippen molar-refractivity contribution < 1.29 is 14.3 Å². The molecule has 2 amide bonds. The molecule has 6 nitrogen and oxygen atoms in total. The second-order valence-corrected chi connectivity index (χ2v) is 7.25. The van der Waals surface area contributed by atoms with E-state index in [4.69, 9.17) is 9.72 Å². The average Bonchev–Trinajstić information content (AvgIpc) is 2.80. The monoisotopic (exact) mass is 425 g/mol. The van der Waals surface area contributed by atoms with E-state index in [1.807, 2.05) is 49.4 Å². The highest BCUT2D eigenvalue weighted by atomic mass is 16.5. The SMILES string of the molecule is CCOc1cc(-c2ccccc2)nc2ccc(C(=O)Nc3ccc(NC(C)=O)cc3)cc12. The normalized spacial score (nSPS) is 10.6. The zero-order valence-corrected chi connectivity index (χ0v) is 17.9. The van der Waals surface area contributed by atoms with E-state index in [1.165, 1.54) is 6.92 Å². The number of fused-ring (bicyclic) bond motifs is 1. The van der Waals surface area contributed by atoms with Gasteiger partial charge in [-0.15, -0.1) is 0 Å². The summed E-state index contributed by atoms with van der Waals surface area (Å²) in [4.78, 5) is 28.7. The van der Waals surface area contributed by atoms with Gasteiger partial charge in [0.05, 0.1) is 17.8 Å². The van der Waals surface area contributed by atoms with E-state index in [-0.39, 0.29) is 11.8 Å². The molecule has 1 heterocycles. The van der Waals surface area contributed by atoms with Gasteiger partial charge in [-0.05, 0) is 49.4 Å². The minimum Gasteiger partial charge on any atom is -0.493 e. The summed E-state index contributed by atoms with van der Waals surface area (Å²) in [5.74, 6) is 0.298. The molecule has 6 heteroatoms. The number of hydrogen-bond donors (Lipinski definition) is 2. The first-order valence-corrected chi connectivity index (χ1v) is 10.4. The van der Waals surface area contributed by atoms with Gasteiger partial charge >= 0.3 is 0 Å². The molecule has 4 rings (SSSR count). The predicted octanol–water partition coefficient (Wildman–Crippen LogP) is 5.51. The lowest BCUT2D eigenvalue weighted by Crippen LogP contribution is -2.12. The molecule has 0 bridgehead atoms. The number of benzene rings is 3. The summed E-state index contributed by atoms with van der Waals surface area (Å²) in [5, 5.41) is 6.36. The summed E-state index contributed by atoms with van der Waals surface area (Å²) in [5.41, 5.74) is 4.37. The van der Waals surface area contributed by atoms with Gasteiger partial charge in [-0.1, -0.05) is 30.3 Å². The highest BCUT2D eigenvalue weighted by Gasteiger charge is 2.13. The van der Waals surface area contributed by atoms with Crippen LogP contribution in [0.4, 0.5) is 11.4 Å². The Morgan fingerprint density at radius 2 is 1.56 bits per heavy atom. The van der Waals surface area contributed by atoms with Crippen LogP contribution in [0.3, 0.4) is 0 Å². The second kappa shape index (κ2) is 9.31. The van der Waals surface area contributed by atoms with Crippen LogP contribution >= 0.6 is 0 Å². The topological polar surface area (TPSA) is 80.3 Å². The van der Waals surface area contributed by atoms with Crippen molar-refractivity contribution in [3.05, 3.63) is 84.4 Å². The molecule has 0 fully saturated rings. The third-order valence-electron chi connectivity index (χ3n) is 4.87. The Morgan fingerprint density at radius 3 is 2.22 bits per heavy atom. The van der Waals surface area contributed by atoms with Gasteiger partial charge in [-0.3, -0.25) is 9.59 Å². The fraction of sp³-hybridized carbons (Fsp3) is 0.115. The summed E-state index contributed by atoms with van der Waals surface area (Å²) in [6.07, 6.45) is 0. The Bertz CT molecular complexity index is 1270. The summed E-state index contributed by atoms with van der Waals surface area (Å²) >= 11 is 0. The molecule has 160 valence electrons. The minimum absolute atomic E-state index is 0.146. The minimum atomic E-state index is -0.242. The molecule has 0 spiro atoms. The van der Waals surface area contributed by atoms with Gasteiger partial charge in [-0.2, -0.15) is 0 Å². The standard InChI is InChI=1S/C26H23N3O3/c1-3-32-25-16-24(18-7-5-4-6-8-18)29-23-14-9-19(15-22(23)25)26(31)28-21-12-10-20(11-13-21)27-17(2)30/h4-16H,3H2,1-2H3,(H,27,30)(H,28,31). The van der Waals surface area contributed by atoms with Gasteiger partial charge in [0.1, 0.15) is 5.75 Å². The molecular weight excluding hydrogens is 402 g/mol. The highest BCUT2D eigenvalue weighted by Crippen LogP contribution is 2.31. The summed E-state index contributed by atoms with van der Waals surface area (Å²) < 4.78 is 5.87. The van der Waals surface area contributed by atoms with Crippen molar-refractivity contribution in [2.24, 2.45) is 0 Å². The summed E-state index contributed by atoms with van der Waals surface area (Å²) in [7, 11) is 0. The molecule has 0 atom stereocenters. The van der Waals surface area contributed by atoms with Crippen LogP contribution in [0.25, 0.3) is 22.2 Å². The molecular formula is C26H23N3O3. The van der Waals surface area contributed by atoms with Crippen LogP contribution in [0.2, 0.25) is 0 Å². The highest BCUT2D eigenvalue weighted by molar-refractivity contribution is 6.07. The maximum absolute atomic E-state index is 12.8. The van der Waals surface area contributed by atoms with Crippen molar-refractivity contribution in [3.63, 3.8) is 0 Å². The maximum atomic E-state index is 12.8. The van der Waals surface area contributed by atoms with Crippen molar-refractivity contribution in [2.75, 3.05) is 17.2 Å². The van der Waals surface area contributed by atoms with Gasteiger partial charge in [0, 0.05) is 40.9 Å². The molecule has 4 aromatic rings. The van der Waals surface area contributed by atoms with Crippen molar-refractivity contribution in [2.45, 2.75) is 13.8 Å². The third kappa shape index (κ3) is 4.75. The number of amides is 2. The fourth-order valence-corrected chi connectivity index (χ4v) is 3.41. The molecule has 2 N–H and O–H groups in total. The van der Waals surface area contributed by atoms with Crippen LogP contribution < -0.4 is 15.4 Å². The number of ether oxygens (including phenoxy) is 1. The van der Waals surface area contributed by atoms with E-state index in [9.17, 15) is 9.59 Å². The van der Waals surface area contributed by atoms with Gasteiger partial charge in [0.15, 0.2) is 0 Å². The van der Waals surface area contributed by atoms with E-state index in [2.05, 4.69) is 10.6 Å². The van der Waals surface area contributed by atoms with Crippen LogP contribution in [0, 0.1) is 0 Å². The van der Waals surface area contributed by atoms with Crippen LogP contribution in [-0.4, -0.2) is 23.4 Å². The number of carbonyl (C=O) groups excluding carboxylic acids is 2. The predicted molar refractivity (Wildman–Crippen MR) is 127 cm³/mol. The lowest BCUT2D eigenvalue weighted by Gasteiger charge is -2.12. The van der Waals surface area contributed by atoms with Gasteiger partial charge in [0.25, 0.3) is 5.91 Å². The first-order chi connectivity index (χ1) is 15.5. The molecule has 0 radical (unpaired) electrons. The molecule has 0 aliphatic heterocycles. The fourth-order valence-electron chi connectivity index (χ4n) is 3.41. The van der Waals surface area contributed by atoms with Crippen molar-refractivity contribution in [3.8, 4) is 17.0 Å². The Morgan fingerprint density at radius 1 is 0.875 bits per heavy atom. The average molecular weight is 425 g/mol. The van der Waals surface area contributed by atoms with Crippen LogP contribution in [0.15, 0.2) is 78.9 Å². The van der Waals surface area contributed by atoms with Gasteiger partial charge in [-0.25, -0.2) is 4.98 Å². The summed E-state index contributed by atoms with van der Waals surface area (Å²) in [6.45, 7) is 3.88. The molecule has 0 unspecified atom stereocenters. The Hall–Kier alpha value is -4.19. The molecule has 3 aromatic carbocycles. The molecule has 0 saturated carbocycles. The van der Waals surface area contributed by atoms with Crippen LogP contribution in [-0.2, 0) is 4.79 Å². The number of hydrogen-bond acceptors (Lipinski definition) is 4. The number of pyridine rings is 1. The Labute approximate surface area is 186 Å². The third-order valence-corrected chi connectivity index (χ3v) is 4.87. The smallest absolute Gasteiger partial charge is 0.255 e. The number of carbonyl (C=O) groups is 2. The van der Waals surface area contributed by atoms with Crippen molar-refractivity contribution in [1.82, 2.24) is 4.98 Å². The molecule has 0 aliphatic carbocycles.